The van der Waals surface area contributed by atoms with E-state index in [1.807, 2.05) is 0 Å². The van der Waals surface area contributed by atoms with E-state index < -0.39 is 11.9 Å². The number of benzene rings is 1. The van der Waals surface area contributed by atoms with Crippen molar-refractivity contribution in [2.75, 3.05) is 19.0 Å². The zero-order chi connectivity index (χ0) is 14.3. The number of nitrogens with one attached hydrogen (secondary N) is 3. The molecule has 7 nitrogen and oxygen atoms in total. The third kappa shape index (κ3) is 5.07. The van der Waals surface area contributed by atoms with Crippen molar-refractivity contribution >= 4 is 23.5 Å². The molecule has 3 N–H and O–H groups in total. The number of para-hydroxylation sites is 2. The first kappa shape index (κ1) is 14.5. The van der Waals surface area contributed by atoms with Crippen LogP contribution in [0.25, 0.3) is 0 Å². The van der Waals surface area contributed by atoms with Crippen LogP contribution < -0.4 is 20.7 Å². The minimum absolute atomic E-state index is 0.245. The second-order valence-electron chi connectivity index (χ2n) is 3.59. The van der Waals surface area contributed by atoms with Crippen LogP contribution in [0.2, 0.25) is 0 Å². The number of urea groups is 1. The fraction of sp³-hybridized carbons (Fsp3) is 0.250. The third-order valence-corrected chi connectivity index (χ3v) is 2.04. The molecule has 1 aromatic carbocycles. The second-order valence-corrected chi connectivity index (χ2v) is 3.59. The Labute approximate surface area is 110 Å². The van der Waals surface area contributed by atoms with Gasteiger partial charge in [0.05, 0.1) is 5.69 Å². The minimum atomic E-state index is -0.608. The average Bonchev–Trinajstić information content (AvgIpc) is 2.37. The molecule has 0 heterocycles. The van der Waals surface area contributed by atoms with Crippen molar-refractivity contribution in [2.24, 2.45) is 0 Å². The predicted octanol–water partition coefficient (Wildman–Crippen LogP) is 0.479. The molecule has 102 valence electrons. The lowest BCUT2D eigenvalue weighted by Gasteiger charge is -2.11. The van der Waals surface area contributed by atoms with E-state index in [2.05, 4.69) is 16.0 Å². The van der Waals surface area contributed by atoms with Gasteiger partial charge < -0.3 is 15.4 Å². The van der Waals surface area contributed by atoms with Gasteiger partial charge in [-0.3, -0.25) is 14.9 Å². The van der Waals surface area contributed by atoms with E-state index in [1.165, 1.54) is 14.0 Å². The Morgan fingerprint density at radius 3 is 2.53 bits per heavy atom. The number of imide groups is 1. The lowest BCUT2D eigenvalue weighted by molar-refractivity contribution is -0.122. The summed E-state index contributed by atoms with van der Waals surface area (Å²) in [6.45, 7) is 1.04. The van der Waals surface area contributed by atoms with Crippen LogP contribution in [0.4, 0.5) is 10.5 Å². The molecule has 1 rings (SSSR count). The minimum Gasteiger partial charge on any atom is -0.482 e. The topological polar surface area (TPSA) is 96.5 Å². The first-order valence-electron chi connectivity index (χ1n) is 5.54. The van der Waals surface area contributed by atoms with E-state index in [9.17, 15) is 14.4 Å². The second kappa shape index (κ2) is 7.00. The normalized spacial score (nSPS) is 9.37. The third-order valence-electron chi connectivity index (χ3n) is 2.04. The number of carbonyl (C=O) groups is 3. The van der Waals surface area contributed by atoms with Gasteiger partial charge in [-0.15, -0.1) is 0 Å². The van der Waals surface area contributed by atoms with Crippen LogP contribution in [0.3, 0.4) is 0 Å². The van der Waals surface area contributed by atoms with Crippen LogP contribution in [-0.2, 0) is 9.59 Å². The number of amides is 4. The van der Waals surface area contributed by atoms with Gasteiger partial charge in [-0.1, -0.05) is 12.1 Å². The summed E-state index contributed by atoms with van der Waals surface area (Å²) in [4.78, 5) is 33.2. The molecule has 0 aliphatic heterocycles. The van der Waals surface area contributed by atoms with E-state index in [-0.39, 0.29) is 12.5 Å². The summed E-state index contributed by atoms with van der Waals surface area (Å²) in [7, 11) is 1.40. The summed E-state index contributed by atoms with van der Waals surface area (Å²) < 4.78 is 5.24. The lowest BCUT2D eigenvalue weighted by atomic mass is 10.3. The molecule has 1 aromatic rings. The Morgan fingerprint density at radius 2 is 1.89 bits per heavy atom. The molecule has 0 bridgehead atoms. The first-order valence-corrected chi connectivity index (χ1v) is 5.54. The fourth-order valence-corrected chi connectivity index (χ4v) is 1.25. The van der Waals surface area contributed by atoms with E-state index in [1.54, 1.807) is 24.3 Å². The van der Waals surface area contributed by atoms with Gasteiger partial charge in [-0.05, 0) is 12.1 Å². The van der Waals surface area contributed by atoms with Crippen LogP contribution in [0.1, 0.15) is 6.92 Å². The average molecular weight is 265 g/mol. The summed E-state index contributed by atoms with van der Waals surface area (Å²) in [6, 6.07) is 6.08. The van der Waals surface area contributed by atoms with Crippen LogP contribution in [0.15, 0.2) is 24.3 Å². The van der Waals surface area contributed by atoms with E-state index in [4.69, 9.17) is 4.74 Å². The molecule has 0 aliphatic carbocycles. The zero-order valence-corrected chi connectivity index (χ0v) is 10.6. The molecule has 0 unspecified atom stereocenters. The smallest absolute Gasteiger partial charge is 0.321 e. The van der Waals surface area contributed by atoms with Crippen LogP contribution in [0.5, 0.6) is 5.75 Å². The van der Waals surface area contributed by atoms with Crippen LogP contribution in [-0.4, -0.2) is 31.5 Å². The van der Waals surface area contributed by atoms with Crippen molar-refractivity contribution in [1.29, 1.82) is 0 Å². The number of ether oxygens (including phenoxy) is 1. The predicted molar refractivity (Wildman–Crippen MR) is 68.8 cm³/mol. The molecule has 0 fully saturated rings. The van der Waals surface area contributed by atoms with Crippen LogP contribution in [0, 0.1) is 0 Å². The van der Waals surface area contributed by atoms with E-state index in [0.717, 1.165) is 0 Å². The SMILES string of the molecule is CNC(=O)NC(=O)COc1ccccc1NC(C)=O. The number of hydrogen-bond acceptors (Lipinski definition) is 4. The van der Waals surface area contributed by atoms with Gasteiger partial charge in [-0.2, -0.15) is 0 Å². The summed E-state index contributed by atoms with van der Waals surface area (Å²) in [5.41, 5.74) is 0.461. The largest absolute Gasteiger partial charge is 0.482 e. The number of anilines is 1. The maximum absolute atomic E-state index is 11.3. The molecule has 0 saturated heterocycles. The van der Waals surface area contributed by atoms with Gasteiger partial charge in [0.15, 0.2) is 6.61 Å². The van der Waals surface area contributed by atoms with Gasteiger partial charge in [0, 0.05) is 14.0 Å². The van der Waals surface area contributed by atoms with Crippen molar-refractivity contribution in [3.05, 3.63) is 24.3 Å². The Balaban J connectivity index is 2.60. The standard InChI is InChI=1S/C12H15N3O4/c1-8(16)14-9-5-3-4-6-10(9)19-7-11(17)15-12(18)13-2/h3-6H,7H2,1-2H3,(H,14,16)(H2,13,15,17,18). The molecule has 0 saturated carbocycles. The summed E-state index contributed by atoms with van der Waals surface area (Å²) in [5, 5.41) is 6.88. The Morgan fingerprint density at radius 1 is 1.21 bits per heavy atom. The van der Waals surface area contributed by atoms with Gasteiger partial charge in [0.1, 0.15) is 5.75 Å². The fourth-order valence-electron chi connectivity index (χ4n) is 1.25. The lowest BCUT2D eigenvalue weighted by Crippen LogP contribution is -2.40. The molecule has 7 heteroatoms. The Kier molecular flexibility index (Phi) is 5.34. The summed E-state index contributed by atoms with van der Waals surface area (Å²) in [5.74, 6) is -0.479. The number of rotatable bonds is 4. The van der Waals surface area contributed by atoms with Crippen molar-refractivity contribution in [1.82, 2.24) is 10.6 Å². The van der Waals surface area contributed by atoms with Crippen molar-refractivity contribution in [2.45, 2.75) is 6.92 Å². The van der Waals surface area contributed by atoms with Crippen molar-refractivity contribution in [3.8, 4) is 5.75 Å². The van der Waals surface area contributed by atoms with E-state index in [0.29, 0.717) is 11.4 Å². The Bertz CT molecular complexity index is 488. The first-order chi connectivity index (χ1) is 9.02. The highest BCUT2D eigenvalue weighted by Gasteiger charge is 2.09. The molecular weight excluding hydrogens is 250 g/mol. The highest BCUT2D eigenvalue weighted by molar-refractivity contribution is 5.95. The van der Waals surface area contributed by atoms with Gasteiger partial charge >= 0.3 is 6.03 Å². The maximum Gasteiger partial charge on any atom is 0.321 e. The maximum atomic E-state index is 11.3. The molecule has 0 spiro atoms. The highest BCUT2D eigenvalue weighted by atomic mass is 16.5. The molecule has 0 aromatic heterocycles. The number of carbonyl (C=O) groups excluding carboxylic acids is 3. The van der Waals surface area contributed by atoms with Gasteiger partial charge in [0.25, 0.3) is 5.91 Å². The molecule has 4 amide bonds. The van der Waals surface area contributed by atoms with Gasteiger partial charge in [0.2, 0.25) is 5.91 Å². The monoisotopic (exact) mass is 265 g/mol. The summed E-state index contributed by atoms with van der Waals surface area (Å²) in [6.07, 6.45) is 0. The van der Waals surface area contributed by atoms with Crippen molar-refractivity contribution < 1.29 is 19.1 Å². The molecule has 0 radical (unpaired) electrons. The van der Waals surface area contributed by atoms with Gasteiger partial charge in [-0.25, -0.2) is 4.79 Å². The quantitative estimate of drug-likeness (QED) is 0.737. The molecular formula is C12H15N3O4. The molecule has 19 heavy (non-hydrogen) atoms. The van der Waals surface area contributed by atoms with Crippen LogP contribution >= 0.6 is 0 Å². The van der Waals surface area contributed by atoms with Crippen molar-refractivity contribution in [3.63, 3.8) is 0 Å². The van der Waals surface area contributed by atoms with E-state index >= 15 is 0 Å². The Hall–Kier alpha value is -2.57. The number of hydrogen-bond donors (Lipinski definition) is 3. The molecule has 0 atom stereocenters. The summed E-state index contributed by atoms with van der Waals surface area (Å²) >= 11 is 0. The highest BCUT2D eigenvalue weighted by Crippen LogP contribution is 2.23. The molecule has 0 aliphatic rings. The zero-order valence-electron chi connectivity index (χ0n) is 10.6.